The molecule has 2 aromatic rings. The number of rotatable bonds is 6. The molecule has 29 heavy (non-hydrogen) atoms. The van der Waals surface area contributed by atoms with Gasteiger partial charge in [-0.1, -0.05) is 42.5 Å². The molecule has 1 heterocycles. The van der Waals surface area contributed by atoms with Crippen LogP contribution in [0, 0.1) is 0 Å². The predicted molar refractivity (Wildman–Crippen MR) is 112 cm³/mol. The van der Waals surface area contributed by atoms with Gasteiger partial charge < -0.3 is 14.4 Å². The molecule has 0 N–H and O–H groups in total. The highest BCUT2D eigenvalue weighted by atomic mass is 16.5. The van der Waals surface area contributed by atoms with E-state index in [0.29, 0.717) is 23.5 Å². The first-order valence-corrected chi connectivity index (χ1v) is 9.54. The Morgan fingerprint density at radius 2 is 1.72 bits per heavy atom. The maximum atomic E-state index is 12.9. The molecule has 0 saturated carbocycles. The third-order valence-electron chi connectivity index (χ3n) is 4.79. The van der Waals surface area contributed by atoms with Gasteiger partial charge in [0.25, 0.3) is 5.91 Å². The smallest absolute Gasteiger partial charge is 0.340 e. The molecule has 150 valence electrons. The van der Waals surface area contributed by atoms with Crippen molar-refractivity contribution < 1.29 is 19.1 Å². The number of methoxy groups -OCH3 is 1. The molecule has 0 aliphatic carbocycles. The lowest BCUT2D eigenvalue weighted by atomic mass is 10.0. The Bertz CT molecular complexity index is 956. The molecule has 3 rings (SSSR count). The number of ether oxygens (including phenoxy) is 2. The average Bonchev–Trinajstić information content (AvgIpc) is 2.97. The average molecular weight is 391 g/mol. The molecule has 2 aromatic carbocycles. The minimum absolute atomic E-state index is 0.0539. The van der Waals surface area contributed by atoms with Crippen molar-refractivity contribution in [3.8, 4) is 5.75 Å². The lowest BCUT2D eigenvalue weighted by Crippen LogP contribution is -2.31. The Kier molecular flexibility index (Phi) is 6.17. The summed E-state index contributed by atoms with van der Waals surface area (Å²) in [6.07, 6.45) is 1.72. The van der Waals surface area contributed by atoms with Crippen LogP contribution in [0.2, 0.25) is 0 Å². The lowest BCUT2D eigenvalue weighted by molar-refractivity contribution is -0.136. The van der Waals surface area contributed by atoms with Crippen LogP contribution in [0.1, 0.15) is 31.9 Å². The van der Waals surface area contributed by atoms with Crippen LogP contribution in [0.3, 0.4) is 0 Å². The summed E-state index contributed by atoms with van der Waals surface area (Å²) in [5.74, 6) is 0.0350. The van der Waals surface area contributed by atoms with Gasteiger partial charge in [-0.2, -0.15) is 0 Å². The van der Waals surface area contributed by atoms with E-state index in [1.807, 2.05) is 68.4 Å². The van der Waals surface area contributed by atoms with Crippen LogP contribution in [-0.2, 0) is 20.9 Å². The summed E-state index contributed by atoms with van der Waals surface area (Å²) in [6, 6.07) is 17.3. The molecule has 0 spiro atoms. The molecule has 5 nitrogen and oxygen atoms in total. The van der Waals surface area contributed by atoms with Crippen LogP contribution < -0.4 is 4.74 Å². The Balaban J connectivity index is 1.82. The molecule has 0 atom stereocenters. The van der Waals surface area contributed by atoms with Gasteiger partial charge in [0, 0.05) is 11.7 Å². The van der Waals surface area contributed by atoms with Crippen molar-refractivity contribution >= 4 is 18.0 Å². The van der Waals surface area contributed by atoms with Gasteiger partial charge in [-0.05, 0) is 50.1 Å². The van der Waals surface area contributed by atoms with Gasteiger partial charge in [0.2, 0.25) is 0 Å². The third kappa shape index (κ3) is 4.40. The number of benzene rings is 2. The quantitative estimate of drug-likeness (QED) is 0.543. The van der Waals surface area contributed by atoms with Crippen LogP contribution in [0.5, 0.6) is 5.75 Å². The van der Waals surface area contributed by atoms with Crippen LogP contribution >= 0.6 is 0 Å². The second-order valence-corrected chi connectivity index (χ2v) is 7.12. The summed E-state index contributed by atoms with van der Waals surface area (Å²) < 4.78 is 10.7. The zero-order valence-electron chi connectivity index (χ0n) is 17.1. The van der Waals surface area contributed by atoms with Crippen LogP contribution in [0.25, 0.3) is 6.08 Å². The lowest BCUT2D eigenvalue weighted by Gasteiger charge is -2.22. The largest absolute Gasteiger partial charge is 0.489 e. The van der Waals surface area contributed by atoms with Gasteiger partial charge in [0.15, 0.2) is 0 Å². The van der Waals surface area contributed by atoms with E-state index in [4.69, 9.17) is 9.47 Å². The molecule has 0 unspecified atom stereocenters. The van der Waals surface area contributed by atoms with Crippen LogP contribution in [0.15, 0.2) is 71.4 Å². The summed E-state index contributed by atoms with van der Waals surface area (Å²) in [6.45, 7) is 6.08. The summed E-state index contributed by atoms with van der Waals surface area (Å²) in [5.41, 5.74) is 3.18. The molecule has 1 amide bonds. The molecule has 0 saturated heterocycles. The zero-order chi connectivity index (χ0) is 21.0. The van der Waals surface area contributed by atoms with Crippen molar-refractivity contribution in [3.63, 3.8) is 0 Å². The third-order valence-corrected chi connectivity index (χ3v) is 4.79. The number of carbonyl (C=O) groups is 2. The van der Waals surface area contributed by atoms with Crippen molar-refractivity contribution in [3.05, 3.63) is 82.6 Å². The molecule has 1 aliphatic heterocycles. The number of nitrogens with zero attached hydrogens (tertiary/aromatic N) is 1. The normalized spacial score (nSPS) is 15.4. The summed E-state index contributed by atoms with van der Waals surface area (Å²) in [4.78, 5) is 26.8. The standard InChI is InChI=1S/C24H25NO4/c1-16(2)25-17(3)22(24(27)28-4)21(23(25)26)14-18-10-12-20(13-11-18)29-15-19-8-6-5-7-9-19/h5-14,16H,15H2,1-4H3/b21-14-. The van der Waals surface area contributed by atoms with E-state index in [1.165, 1.54) is 7.11 Å². The first kappa shape index (κ1) is 20.4. The molecular formula is C24H25NO4. The van der Waals surface area contributed by atoms with E-state index in [0.717, 1.165) is 16.9 Å². The molecular weight excluding hydrogens is 366 g/mol. The maximum Gasteiger partial charge on any atom is 0.340 e. The van der Waals surface area contributed by atoms with E-state index in [9.17, 15) is 9.59 Å². The first-order valence-electron chi connectivity index (χ1n) is 9.54. The maximum absolute atomic E-state index is 12.9. The van der Waals surface area contributed by atoms with Crippen molar-refractivity contribution in [2.24, 2.45) is 0 Å². The van der Waals surface area contributed by atoms with Crippen LogP contribution in [-0.4, -0.2) is 29.9 Å². The Morgan fingerprint density at radius 1 is 1.07 bits per heavy atom. The second kappa shape index (κ2) is 8.78. The first-order chi connectivity index (χ1) is 13.9. The van der Waals surface area contributed by atoms with Gasteiger partial charge in [0.1, 0.15) is 12.4 Å². The predicted octanol–water partition coefficient (Wildman–Crippen LogP) is 4.35. The highest BCUT2D eigenvalue weighted by molar-refractivity contribution is 6.16. The summed E-state index contributed by atoms with van der Waals surface area (Å²) in [7, 11) is 1.32. The Hall–Kier alpha value is -3.34. The number of esters is 1. The second-order valence-electron chi connectivity index (χ2n) is 7.12. The van der Waals surface area contributed by atoms with Crippen molar-refractivity contribution in [1.82, 2.24) is 4.90 Å². The van der Waals surface area contributed by atoms with E-state index in [-0.39, 0.29) is 11.9 Å². The Labute approximate surface area is 171 Å². The molecule has 5 heteroatoms. The van der Waals surface area contributed by atoms with Crippen molar-refractivity contribution in [1.29, 1.82) is 0 Å². The van der Waals surface area contributed by atoms with Gasteiger partial charge in [0.05, 0.1) is 18.3 Å². The summed E-state index contributed by atoms with van der Waals surface area (Å²) in [5, 5.41) is 0. The topological polar surface area (TPSA) is 55.8 Å². The zero-order valence-corrected chi connectivity index (χ0v) is 17.1. The van der Waals surface area contributed by atoms with E-state index in [2.05, 4.69) is 0 Å². The molecule has 0 bridgehead atoms. The molecule has 0 radical (unpaired) electrons. The van der Waals surface area contributed by atoms with Crippen LogP contribution in [0.4, 0.5) is 0 Å². The number of hydrogen-bond donors (Lipinski definition) is 0. The fourth-order valence-electron chi connectivity index (χ4n) is 3.39. The van der Waals surface area contributed by atoms with Crippen molar-refractivity contribution in [2.45, 2.75) is 33.4 Å². The fraction of sp³-hybridized carbons (Fsp3) is 0.250. The Morgan fingerprint density at radius 3 is 2.31 bits per heavy atom. The van der Waals surface area contributed by atoms with E-state index >= 15 is 0 Å². The minimum atomic E-state index is -0.506. The minimum Gasteiger partial charge on any atom is -0.489 e. The van der Waals surface area contributed by atoms with Gasteiger partial charge in [-0.3, -0.25) is 4.79 Å². The van der Waals surface area contributed by atoms with Gasteiger partial charge in [-0.15, -0.1) is 0 Å². The molecule has 0 fully saturated rings. The number of allylic oxidation sites excluding steroid dienone is 1. The highest BCUT2D eigenvalue weighted by Gasteiger charge is 2.38. The number of amides is 1. The fourth-order valence-corrected chi connectivity index (χ4v) is 3.39. The van der Waals surface area contributed by atoms with E-state index < -0.39 is 5.97 Å². The SMILES string of the molecule is COC(=O)C1=C(C)N(C(C)C)C(=O)/C1=C\c1ccc(OCc2ccccc2)cc1. The highest BCUT2D eigenvalue weighted by Crippen LogP contribution is 2.33. The van der Waals surface area contributed by atoms with E-state index in [1.54, 1.807) is 17.9 Å². The molecule has 0 aromatic heterocycles. The monoisotopic (exact) mass is 391 g/mol. The van der Waals surface area contributed by atoms with Crippen molar-refractivity contribution in [2.75, 3.05) is 7.11 Å². The van der Waals surface area contributed by atoms with Gasteiger partial charge >= 0.3 is 5.97 Å². The number of carbonyl (C=O) groups excluding carboxylic acids is 2. The summed E-state index contributed by atoms with van der Waals surface area (Å²) >= 11 is 0. The van der Waals surface area contributed by atoms with Gasteiger partial charge in [-0.25, -0.2) is 4.79 Å². The number of hydrogen-bond acceptors (Lipinski definition) is 4. The molecule has 1 aliphatic rings.